The molecule has 0 bridgehead atoms. The number of carboxylic acid groups (broad SMARTS) is 1. The Morgan fingerprint density at radius 2 is 1.45 bits per heavy atom. The van der Waals surface area contributed by atoms with Crippen molar-refractivity contribution in [1.82, 2.24) is 0 Å². The molecule has 124 valence electrons. The third-order valence-electron chi connectivity index (χ3n) is 2.69. The maximum atomic E-state index is 10.6. The monoisotopic (exact) mass is 308 g/mol. The van der Waals surface area contributed by atoms with Crippen LogP contribution < -0.4 is 0 Å². The molecule has 0 spiro atoms. The normalized spacial score (nSPS) is 13.9. The lowest BCUT2D eigenvalue weighted by Gasteiger charge is -2.09. The van der Waals surface area contributed by atoms with Crippen molar-refractivity contribution in [3.63, 3.8) is 0 Å². The highest BCUT2D eigenvalue weighted by Crippen LogP contribution is 1.97. The van der Waals surface area contributed by atoms with E-state index in [1.54, 1.807) is 0 Å². The summed E-state index contributed by atoms with van der Waals surface area (Å²) in [6.45, 7) is 2.46. The number of carbonyl (C=O) groups is 1. The van der Waals surface area contributed by atoms with Crippen LogP contribution in [0.15, 0.2) is 48.6 Å². The number of hydrogen-bond donors (Lipinski definition) is 1. The lowest BCUT2D eigenvalue weighted by atomic mass is 10.2. The summed E-state index contributed by atoms with van der Waals surface area (Å²) in [4.78, 5) is 10.6. The Kier molecular flexibility index (Phi) is 14.6. The van der Waals surface area contributed by atoms with Gasteiger partial charge in [-0.25, -0.2) is 4.79 Å². The topological polar surface area (TPSA) is 55.8 Å². The fourth-order valence-corrected chi connectivity index (χ4v) is 1.58. The van der Waals surface area contributed by atoms with Crippen LogP contribution in [0.1, 0.15) is 39.0 Å². The summed E-state index contributed by atoms with van der Waals surface area (Å²) in [5, 5.41) is 8.69. The highest BCUT2D eigenvalue weighted by molar-refractivity contribution is 5.70. The molecule has 0 amide bonds. The minimum Gasteiger partial charge on any atom is -0.477 e. The van der Waals surface area contributed by atoms with E-state index in [1.807, 2.05) is 12.2 Å². The van der Waals surface area contributed by atoms with Gasteiger partial charge < -0.3 is 14.6 Å². The number of aliphatic carboxylic acids is 1. The molecule has 0 saturated carbocycles. The van der Waals surface area contributed by atoms with Gasteiger partial charge in [0.15, 0.2) is 0 Å². The molecule has 0 aromatic heterocycles. The Hall–Kier alpha value is -1.65. The minimum atomic E-state index is -1.17. The molecular formula is C18H28O4. The SMILES string of the molecule is CCC=CCC=CCC=CCC=CCCOC(OC)C(=O)O. The molecule has 0 aromatic rings. The number of hydrogen-bond acceptors (Lipinski definition) is 3. The van der Waals surface area contributed by atoms with Gasteiger partial charge in [0.05, 0.1) is 6.61 Å². The van der Waals surface area contributed by atoms with Crippen LogP contribution in [-0.4, -0.2) is 31.1 Å². The van der Waals surface area contributed by atoms with E-state index in [-0.39, 0.29) is 0 Å². The van der Waals surface area contributed by atoms with Gasteiger partial charge in [-0.05, 0) is 32.1 Å². The van der Waals surface area contributed by atoms with Crippen LogP contribution in [0.25, 0.3) is 0 Å². The Morgan fingerprint density at radius 1 is 0.955 bits per heavy atom. The quantitative estimate of drug-likeness (QED) is 0.314. The van der Waals surface area contributed by atoms with E-state index in [2.05, 4.69) is 48.1 Å². The van der Waals surface area contributed by atoms with Gasteiger partial charge in [0.2, 0.25) is 0 Å². The van der Waals surface area contributed by atoms with Crippen LogP contribution in [0.2, 0.25) is 0 Å². The van der Waals surface area contributed by atoms with Gasteiger partial charge in [0.1, 0.15) is 0 Å². The first-order valence-corrected chi connectivity index (χ1v) is 7.69. The Labute approximate surface area is 133 Å². The average molecular weight is 308 g/mol. The highest BCUT2D eigenvalue weighted by Gasteiger charge is 2.15. The van der Waals surface area contributed by atoms with E-state index < -0.39 is 12.3 Å². The standard InChI is InChI=1S/C18H28O4/c1-3-4-5-6-7-8-9-10-11-12-13-14-15-16-22-18(21-2)17(19)20/h4-5,7-8,10-11,13-14,18H,3,6,9,12,15-16H2,1-2H3,(H,19,20). The number of ether oxygens (including phenoxy) is 2. The lowest BCUT2D eigenvalue weighted by Crippen LogP contribution is -2.25. The molecule has 0 rings (SSSR count). The molecule has 1 atom stereocenters. The van der Waals surface area contributed by atoms with Crippen molar-refractivity contribution in [3.8, 4) is 0 Å². The Bertz CT molecular complexity index is 381. The van der Waals surface area contributed by atoms with Gasteiger partial charge >= 0.3 is 5.97 Å². The second kappa shape index (κ2) is 15.7. The van der Waals surface area contributed by atoms with Crippen LogP contribution in [-0.2, 0) is 14.3 Å². The molecule has 0 saturated heterocycles. The summed E-state index contributed by atoms with van der Waals surface area (Å²) >= 11 is 0. The molecule has 4 nitrogen and oxygen atoms in total. The van der Waals surface area contributed by atoms with Gasteiger partial charge in [0.25, 0.3) is 6.29 Å². The van der Waals surface area contributed by atoms with E-state index in [0.29, 0.717) is 13.0 Å². The largest absolute Gasteiger partial charge is 0.477 e. The molecule has 0 aliphatic rings. The molecule has 0 radical (unpaired) electrons. The van der Waals surface area contributed by atoms with Gasteiger partial charge in [-0.1, -0.05) is 55.5 Å². The van der Waals surface area contributed by atoms with E-state index in [0.717, 1.165) is 25.7 Å². The molecule has 4 heteroatoms. The highest BCUT2D eigenvalue weighted by atomic mass is 16.7. The number of allylic oxidation sites excluding steroid dienone is 7. The van der Waals surface area contributed by atoms with Gasteiger partial charge in [0, 0.05) is 7.11 Å². The zero-order chi connectivity index (χ0) is 16.5. The second-order valence-corrected chi connectivity index (χ2v) is 4.57. The van der Waals surface area contributed by atoms with E-state index in [9.17, 15) is 4.79 Å². The summed E-state index contributed by atoms with van der Waals surface area (Å²) in [6, 6.07) is 0. The Morgan fingerprint density at radius 3 is 1.91 bits per heavy atom. The minimum absolute atomic E-state index is 0.332. The molecule has 0 aliphatic carbocycles. The van der Waals surface area contributed by atoms with E-state index in [4.69, 9.17) is 9.84 Å². The van der Waals surface area contributed by atoms with Crippen molar-refractivity contribution in [2.75, 3.05) is 13.7 Å². The van der Waals surface area contributed by atoms with Crippen LogP contribution in [0.3, 0.4) is 0 Å². The van der Waals surface area contributed by atoms with Gasteiger partial charge in [-0.2, -0.15) is 0 Å². The first-order chi connectivity index (χ1) is 10.7. The molecule has 22 heavy (non-hydrogen) atoms. The van der Waals surface area contributed by atoms with Crippen molar-refractivity contribution < 1.29 is 19.4 Å². The molecule has 0 aliphatic heterocycles. The fraction of sp³-hybridized carbons (Fsp3) is 0.500. The number of rotatable bonds is 13. The van der Waals surface area contributed by atoms with Crippen molar-refractivity contribution in [2.24, 2.45) is 0 Å². The van der Waals surface area contributed by atoms with Crippen LogP contribution in [0, 0.1) is 0 Å². The molecule has 0 aromatic carbocycles. The zero-order valence-electron chi connectivity index (χ0n) is 13.6. The van der Waals surface area contributed by atoms with Gasteiger partial charge in [-0.3, -0.25) is 0 Å². The summed E-state index contributed by atoms with van der Waals surface area (Å²) < 4.78 is 9.70. The first kappa shape index (κ1) is 20.3. The Balaban J connectivity index is 3.56. The lowest BCUT2D eigenvalue weighted by molar-refractivity contribution is -0.182. The fourth-order valence-electron chi connectivity index (χ4n) is 1.58. The predicted octanol–water partition coefficient (Wildman–Crippen LogP) is 4.26. The third kappa shape index (κ3) is 13.3. The van der Waals surface area contributed by atoms with E-state index >= 15 is 0 Å². The van der Waals surface area contributed by atoms with Crippen molar-refractivity contribution in [1.29, 1.82) is 0 Å². The molecule has 0 heterocycles. The van der Waals surface area contributed by atoms with Crippen LogP contribution >= 0.6 is 0 Å². The average Bonchev–Trinajstić information content (AvgIpc) is 2.51. The maximum Gasteiger partial charge on any atom is 0.361 e. The van der Waals surface area contributed by atoms with E-state index in [1.165, 1.54) is 7.11 Å². The maximum absolute atomic E-state index is 10.6. The molecular weight excluding hydrogens is 280 g/mol. The predicted molar refractivity (Wildman–Crippen MR) is 89.7 cm³/mol. The zero-order valence-corrected chi connectivity index (χ0v) is 13.6. The third-order valence-corrected chi connectivity index (χ3v) is 2.69. The summed E-state index contributed by atoms with van der Waals surface area (Å²) in [6.07, 6.45) is 20.3. The first-order valence-electron chi connectivity index (χ1n) is 7.69. The van der Waals surface area contributed by atoms with Crippen molar-refractivity contribution >= 4 is 5.97 Å². The molecule has 1 N–H and O–H groups in total. The summed E-state index contributed by atoms with van der Waals surface area (Å²) in [7, 11) is 1.31. The van der Waals surface area contributed by atoms with Crippen LogP contribution in [0.5, 0.6) is 0 Å². The number of carboxylic acids is 1. The van der Waals surface area contributed by atoms with Crippen LogP contribution in [0.4, 0.5) is 0 Å². The van der Waals surface area contributed by atoms with Crippen molar-refractivity contribution in [2.45, 2.75) is 45.3 Å². The second-order valence-electron chi connectivity index (χ2n) is 4.57. The molecule has 1 unspecified atom stereocenters. The molecule has 0 fully saturated rings. The summed E-state index contributed by atoms with van der Waals surface area (Å²) in [5.74, 6) is -1.10. The number of methoxy groups -OCH3 is 1. The van der Waals surface area contributed by atoms with Crippen molar-refractivity contribution in [3.05, 3.63) is 48.6 Å². The summed E-state index contributed by atoms with van der Waals surface area (Å²) in [5.41, 5.74) is 0. The smallest absolute Gasteiger partial charge is 0.361 e. The van der Waals surface area contributed by atoms with Gasteiger partial charge in [-0.15, -0.1) is 0 Å².